The van der Waals surface area contributed by atoms with E-state index in [4.69, 9.17) is 22.1 Å². The van der Waals surface area contributed by atoms with Gasteiger partial charge in [-0.05, 0) is 25.1 Å². The van der Waals surface area contributed by atoms with Gasteiger partial charge >= 0.3 is 0 Å². The minimum Gasteiger partial charge on any atom is -0.473 e. The molecule has 0 spiro atoms. The number of primary amides is 1. The number of nitrogens with two attached hydrogens (primary N) is 1. The Kier molecular flexibility index (Phi) is 4.62. The second-order valence-electron chi connectivity index (χ2n) is 5.37. The highest BCUT2D eigenvalue weighted by Crippen LogP contribution is 2.33. The van der Waals surface area contributed by atoms with Gasteiger partial charge in [-0.1, -0.05) is 35.9 Å². The average Bonchev–Trinajstić information content (AvgIpc) is 2.47. The maximum absolute atomic E-state index is 12.0. The van der Waals surface area contributed by atoms with Crippen molar-refractivity contribution in [2.75, 3.05) is 19.0 Å². The lowest BCUT2D eigenvalue weighted by molar-refractivity contribution is -0.132. The van der Waals surface area contributed by atoms with E-state index in [-0.39, 0.29) is 0 Å². The first-order chi connectivity index (χ1) is 10.3. The lowest BCUT2D eigenvalue weighted by atomic mass is 9.94. The fourth-order valence-electron chi connectivity index (χ4n) is 2.15. The van der Waals surface area contributed by atoms with E-state index in [1.165, 1.54) is 0 Å². The molecule has 2 aromatic rings. The number of amides is 1. The number of hydrogen-bond acceptors (Lipinski definition) is 3. The number of nitrogens with zero attached hydrogens (tertiary/aromatic N) is 1. The summed E-state index contributed by atoms with van der Waals surface area (Å²) in [7, 11) is 3.86. The third-order valence-electron chi connectivity index (χ3n) is 3.51. The van der Waals surface area contributed by atoms with Crippen molar-refractivity contribution in [3.63, 3.8) is 0 Å². The van der Waals surface area contributed by atoms with Crippen LogP contribution in [0.3, 0.4) is 0 Å². The SMILES string of the molecule is CN(C)c1cccc(OC(C)(C(N)=O)c2ccccc2Cl)c1. The number of halogens is 1. The van der Waals surface area contributed by atoms with Crippen molar-refractivity contribution in [1.29, 1.82) is 0 Å². The molecule has 116 valence electrons. The van der Waals surface area contributed by atoms with Crippen molar-refractivity contribution in [2.24, 2.45) is 5.73 Å². The Bertz CT molecular complexity index is 688. The second kappa shape index (κ2) is 6.28. The van der Waals surface area contributed by atoms with Crippen molar-refractivity contribution in [3.8, 4) is 5.75 Å². The minimum atomic E-state index is -1.34. The summed E-state index contributed by atoms with van der Waals surface area (Å²) < 4.78 is 5.94. The summed E-state index contributed by atoms with van der Waals surface area (Å²) in [5, 5.41) is 0.438. The van der Waals surface area contributed by atoms with Gasteiger partial charge in [-0.2, -0.15) is 0 Å². The van der Waals surface area contributed by atoms with Crippen molar-refractivity contribution < 1.29 is 9.53 Å². The average molecular weight is 319 g/mol. The van der Waals surface area contributed by atoms with Gasteiger partial charge in [-0.25, -0.2) is 0 Å². The van der Waals surface area contributed by atoms with Crippen LogP contribution in [-0.2, 0) is 10.4 Å². The molecule has 2 rings (SSSR count). The van der Waals surface area contributed by atoms with Crippen molar-refractivity contribution >= 4 is 23.2 Å². The van der Waals surface area contributed by atoms with Crippen LogP contribution in [0.4, 0.5) is 5.69 Å². The van der Waals surface area contributed by atoms with Crippen LogP contribution >= 0.6 is 11.6 Å². The summed E-state index contributed by atoms with van der Waals surface area (Å²) in [5.74, 6) is -0.0525. The molecule has 1 atom stereocenters. The topological polar surface area (TPSA) is 55.6 Å². The lowest BCUT2D eigenvalue weighted by Crippen LogP contribution is -2.43. The van der Waals surface area contributed by atoms with Gasteiger partial charge in [-0.15, -0.1) is 0 Å². The van der Waals surface area contributed by atoms with Crippen LogP contribution in [0.15, 0.2) is 48.5 Å². The Hall–Kier alpha value is -2.20. The van der Waals surface area contributed by atoms with Gasteiger partial charge in [0.05, 0.1) is 0 Å². The highest BCUT2D eigenvalue weighted by Gasteiger charge is 2.37. The lowest BCUT2D eigenvalue weighted by Gasteiger charge is -2.29. The molecular weight excluding hydrogens is 300 g/mol. The van der Waals surface area contributed by atoms with E-state index >= 15 is 0 Å². The Morgan fingerprint density at radius 1 is 1.18 bits per heavy atom. The molecule has 0 aliphatic carbocycles. The number of benzene rings is 2. The zero-order chi connectivity index (χ0) is 16.3. The van der Waals surface area contributed by atoms with Crippen molar-refractivity contribution in [2.45, 2.75) is 12.5 Å². The highest BCUT2D eigenvalue weighted by molar-refractivity contribution is 6.31. The molecule has 2 aromatic carbocycles. The smallest absolute Gasteiger partial charge is 0.266 e. The summed E-state index contributed by atoms with van der Waals surface area (Å²) in [4.78, 5) is 14.0. The van der Waals surface area contributed by atoms with Crippen LogP contribution in [-0.4, -0.2) is 20.0 Å². The third-order valence-corrected chi connectivity index (χ3v) is 3.84. The van der Waals surface area contributed by atoms with E-state index in [2.05, 4.69) is 0 Å². The van der Waals surface area contributed by atoms with Crippen LogP contribution in [0.25, 0.3) is 0 Å². The van der Waals surface area contributed by atoms with Gasteiger partial charge in [-0.3, -0.25) is 4.79 Å². The van der Waals surface area contributed by atoms with Crippen LogP contribution in [0.5, 0.6) is 5.75 Å². The van der Waals surface area contributed by atoms with Gasteiger partial charge in [0.25, 0.3) is 5.91 Å². The molecule has 0 aliphatic heterocycles. The molecule has 0 bridgehead atoms. The molecule has 0 heterocycles. The van der Waals surface area contributed by atoms with E-state index in [9.17, 15) is 4.79 Å². The van der Waals surface area contributed by atoms with Crippen molar-refractivity contribution in [1.82, 2.24) is 0 Å². The highest BCUT2D eigenvalue weighted by atomic mass is 35.5. The van der Waals surface area contributed by atoms with Crippen molar-refractivity contribution in [3.05, 3.63) is 59.1 Å². The van der Waals surface area contributed by atoms with Gasteiger partial charge < -0.3 is 15.4 Å². The summed E-state index contributed by atoms with van der Waals surface area (Å²) in [6.45, 7) is 1.62. The maximum atomic E-state index is 12.0. The molecule has 0 radical (unpaired) electrons. The standard InChI is InChI=1S/C17H19ClN2O2/c1-17(16(19)21,14-9-4-5-10-15(14)18)22-13-8-6-7-12(11-13)20(2)3/h4-11H,1-3H3,(H2,19,21). The molecule has 0 saturated heterocycles. The minimum absolute atomic E-state index is 0.438. The van der Waals surface area contributed by atoms with E-state index in [1.807, 2.05) is 37.2 Å². The maximum Gasteiger partial charge on any atom is 0.266 e. The first-order valence-corrected chi connectivity index (χ1v) is 7.23. The molecule has 0 aromatic heterocycles. The second-order valence-corrected chi connectivity index (χ2v) is 5.78. The van der Waals surface area contributed by atoms with Gasteiger partial charge in [0.15, 0.2) is 0 Å². The predicted octanol–water partition coefficient (Wildman–Crippen LogP) is 3.19. The molecule has 4 nitrogen and oxygen atoms in total. The van der Waals surface area contributed by atoms with Gasteiger partial charge in [0.1, 0.15) is 5.75 Å². The monoisotopic (exact) mass is 318 g/mol. The molecule has 0 aliphatic rings. The van der Waals surface area contributed by atoms with Crippen LogP contribution in [0.1, 0.15) is 12.5 Å². The van der Waals surface area contributed by atoms with Gasteiger partial charge in [0.2, 0.25) is 5.60 Å². The van der Waals surface area contributed by atoms with Gasteiger partial charge in [0, 0.05) is 36.4 Å². The summed E-state index contributed by atoms with van der Waals surface area (Å²) in [6, 6.07) is 14.5. The number of ether oxygens (including phenoxy) is 1. The third kappa shape index (κ3) is 3.17. The zero-order valence-electron chi connectivity index (χ0n) is 12.8. The molecule has 0 saturated carbocycles. The number of hydrogen-bond donors (Lipinski definition) is 1. The molecule has 1 amide bonds. The van der Waals surface area contributed by atoms with E-state index in [1.54, 1.807) is 37.3 Å². The summed E-state index contributed by atoms with van der Waals surface area (Å²) >= 11 is 6.20. The first-order valence-electron chi connectivity index (χ1n) is 6.86. The largest absolute Gasteiger partial charge is 0.473 e. The molecule has 0 fully saturated rings. The quantitative estimate of drug-likeness (QED) is 0.921. The van der Waals surface area contributed by atoms with E-state index in [0.717, 1.165) is 5.69 Å². The van der Waals surface area contributed by atoms with E-state index in [0.29, 0.717) is 16.3 Å². The zero-order valence-corrected chi connectivity index (χ0v) is 13.6. The predicted molar refractivity (Wildman–Crippen MR) is 89.4 cm³/mol. The number of rotatable bonds is 5. The molecule has 5 heteroatoms. The number of anilines is 1. The van der Waals surface area contributed by atoms with Crippen LogP contribution < -0.4 is 15.4 Å². The van der Waals surface area contributed by atoms with E-state index < -0.39 is 11.5 Å². The fraction of sp³-hybridized carbons (Fsp3) is 0.235. The number of carbonyl (C=O) groups excluding carboxylic acids is 1. The summed E-state index contributed by atoms with van der Waals surface area (Å²) in [6.07, 6.45) is 0. The molecule has 1 unspecified atom stereocenters. The van der Waals surface area contributed by atoms with Crippen LogP contribution in [0.2, 0.25) is 5.02 Å². The van der Waals surface area contributed by atoms with Crippen LogP contribution in [0, 0.1) is 0 Å². The summed E-state index contributed by atoms with van der Waals surface area (Å²) in [5.41, 5.74) is 5.74. The molecule has 22 heavy (non-hydrogen) atoms. The Labute approximate surface area is 135 Å². The normalized spacial score (nSPS) is 13.3. The molecule has 2 N–H and O–H groups in total. The first kappa shape index (κ1) is 16.2. The Balaban J connectivity index is 2.44. The number of carbonyl (C=O) groups is 1. The Morgan fingerprint density at radius 2 is 1.86 bits per heavy atom. The fourth-order valence-corrected chi connectivity index (χ4v) is 2.46. The molecular formula is C17H19ClN2O2. The Morgan fingerprint density at radius 3 is 2.45 bits per heavy atom.